The second-order valence-electron chi connectivity index (χ2n) is 8.87. The summed E-state index contributed by atoms with van der Waals surface area (Å²) in [7, 11) is -3.54. The van der Waals surface area contributed by atoms with Crippen molar-refractivity contribution < 1.29 is 12.8 Å². The molecule has 0 bridgehead atoms. The maximum absolute atomic E-state index is 13.1. The molecule has 0 aliphatic carbocycles. The van der Waals surface area contributed by atoms with E-state index >= 15 is 0 Å². The lowest BCUT2D eigenvalue weighted by atomic mass is 10.1. The van der Waals surface area contributed by atoms with Gasteiger partial charge in [0.2, 0.25) is 5.82 Å². The number of aromatic amines is 1. The van der Waals surface area contributed by atoms with Crippen molar-refractivity contribution in [3.63, 3.8) is 0 Å². The highest BCUT2D eigenvalue weighted by molar-refractivity contribution is 7.91. The minimum absolute atomic E-state index is 0.136. The number of para-hydroxylation sites is 1. The summed E-state index contributed by atoms with van der Waals surface area (Å²) in [6, 6.07) is 23.4. The summed E-state index contributed by atoms with van der Waals surface area (Å²) < 4.78 is 33.7. The number of fused-ring (bicyclic) bond motifs is 2. The zero-order valence-corrected chi connectivity index (χ0v) is 20.7. The molecule has 37 heavy (non-hydrogen) atoms. The quantitative estimate of drug-likeness (QED) is 0.343. The van der Waals surface area contributed by atoms with Crippen LogP contribution in [0.3, 0.4) is 0 Å². The predicted octanol–water partition coefficient (Wildman–Crippen LogP) is 4.85. The van der Waals surface area contributed by atoms with Gasteiger partial charge in [-0.3, -0.25) is 4.79 Å². The number of sulfone groups is 1. The summed E-state index contributed by atoms with van der Waals surface area (Å²) in [5.74, 6) is 1.17. The van der Waals surface area contributed by atoms with E-state index in [1.807, 2.05) is 43.3 Å². The third-order valence-electron chi connectivity index (χ3n) is 6.30. The van der Waals surface area contributed by atoms with Crippen LogP contribution in [0.15, 0.2) is 99.2 Å². The molecule has 6 aromatic rings. The fraction of sp³-hybridized carbons (Fsp3) is 0.107. The Morgan fingerprint density at radius 2 is 1.76 bits per heavy atom. The van der Waals surface area contributed by atoms with Gasteiger partial charge in [0.1, 0.15) is 11.4 Å². The average Bonchev–Trinajstić information content (AvgIpc) is 3.52. The lowest BCUT2D eigenvalue weighted by Crippen LogP contribution is -2.13. The Morgan fingerprint density at radius 3 is 2.57 bits per heavy atom. The van der Waals surface area contributed by atoms with Gasteiger partial charge < -0.3 is 9.40 Å². The van der Waals surface area contributed by atoms with Crippen LogP contribution in [0.1, 0.15) is 11.4 Å². The van der Waals surface area contributed by atoms with Crippen molar-refractivity contribution in [2.45, 2.75) is 18.2 Å². The zero-order chi connectivity index (χ0) is 25.6. The highest BCUT2D eigenvalue weighted by Crippen LogP contribution is 2.27. The summed E-state index contributed by atoms with van der Waals surface area (Å²) in [5, 5.41) is 6.89. The molecule has 0 unspecified atom stereocenters. The first-order chi connectivity index (χ1) is 17.9. The number of aryl methyl sites for hydroxylation is 2. The number of benzene rings is 3. The number of furan rings is 1. The van der Waals surface area contributed by atoms with Crippen LogP contribution in [0, 0.1) is 6.92 Å². The van der Waals surface area contributed by atoms with Gasteiger partial charge in [-0.05, 0) is 60.8 Å². The Kier molecular flexibility index (Phi) is 5.49. The Hall–Kier alpha value is -4.50. The molecule has 1 N–H and O–H groups in total. The van der Waals surface area contributed by atoms with E-state index in [1.54, 1.807) is 53.3 Å². The van der Waals surface area contributed by atoms with Crippen molar-refractivity contribution in [2.75, 3.05) is 5.75 Å². The van der Waals surface area contributed by atoms with Crippen molar-refractivity contribution in [1.29, 1.82) is 0 Å². The average molecular weight is 511 g/mol. The molecule has 9 heteroatoms. The van der Waals surface area contributed by atoms with Crippen molar-refractivity contribution >= 4 is 31.6 Å². The third kappa shape index (κ3) is 4.34. The Balaban J connectivity index is 1.43. The van der Waals surface area contributed by atoms with E-state index in [-0.39, 0.29) is 22.6 Å². The number of pyridine rings is 1. The molecule has 6 rings (SSSR count). The number of hydrogen-bond acceptors (Lipinski definition) is 6. The van der Waals surface area contributed by atoms with Gasteiger partial charge >= 0.3 is 0 Å². The van der Waals surface area contributed by atoms with E-state index in [0.29, 0.717) is 34.1 Å². The minimum atomic E-state index is -3.54. The van der Waals surface area contributed by atoms with Crippen LogP contribution >= 0.6 is 0 Å². The fourth-order valence-corrected chi connectivity index (χ4v) is 5.55. The Morgan fingerprint density at radius 1 is 0.946 bits per heavy atom. The van der Waals surface area contributed by atoms with Gasteiger partial charge in [0.25, 0.3) is 5.56 Å². The van der Waals surface area contributed by atoms with Gasteiger partial charge in [0, 0.05) is 23.4 Å². The van der Waals surface area contributed by atoms with Crippen LogP contribution in [0.5, 0.6) is 0 Å². The standard InChI is InChI=1S/C28H22N4O4S/c1-18-6-9-22(10-7-18)37(34,35)15-13-26-30-27(25-17-20-4-2-3-5-24(20)36-25)31-32(26)21-8-11-23-19(16-21)12-14-29-28(23)33/h2-12,14,16-17H,13,15H2,1H3,(H,29,33). The normalized spacial score (nSPS) is 11.9. The summed E-state index contributed by atoms with van der Waals surface area (Å²) in [6.07, 6.45) is 1.72. The molecule has 0 aliphatic heterocycles. The monoisotopic (exact) mass is 510 g/mol. The molecule has 0 spiro atoms. The van der Waals surface area contributed by atoms with E-state index in [0.717, 1.165) is 16.3 Å². The van der Waals surface area contributed by atoms with Gasteiger partial charge in [-0.25, -0.2) is 18.1 Å². The molecule has 3 aromatic heterocycles. The number of nitrogens with zero attached hydrogens (tertiary/aromatic N) is 3. The summed E-state index contributed by atoms with van der Waals surface area (Å²) in [6.45, 7) is 1.91. The van der Waals surface area contributed by atoms with E-state index in [9.17, 15) is 13.2 Å². The molecule has 8 nitrogen and oxygen atoms in total. The number of H-pyrrole nitrogens is 1. The van der Waals surface area contributed by atoms with E-state index in [4.69, 9.17) is 9.52 Å². The first kappa shape index (κ1) is 22.9. The molecule has 0 atom stereocenters. The van der Waals surface area contributed by atoms with Crippen LogP contribution in [0.4, 0.5) is 0 Å². The highest BCUT2D eigenvalue weighted by atomic mass is 32.2. The zero-order valence-electron chi connectivity index (χ0n) is 19.9. The molecule has 3 aromatic carbocycles. The number of nitrogens with one attached hydrogen (secondary N) is 1. The van der Waals surface area contributed by atoms with Gasteiger partial charge in [0.05, 0.1) is 16.3 Å². The topological polar surface area (TPSA) is 111 Å². The first-order valence-electron chi connectivity index (χ1n) is 11.7. The lowest BCUT2D eigenvalue weighted by Gasteiger charge is -2.08. The number of hydrogen-bond donors (Lipinski definition) is 1. The molecule has 0 saturated heterocycles. The molecule has 3 heterocycles. The SMILES string of the molecule is Cc1ccc(S(=O)(=O)CCc2nc(-c3cc4ccccc4o3)nn2-c2ccc3c(=O)[nH]ccc3c2)cc1. The van der Waals surface area contributed by atoms with E-state index in [1.165, 1.54) is 0 Å². The minimum Gasteiger partial charge on any atom is -0.453 e. The molecule has 184 valence electrons. The molecule has 0 radical (unpaired) electrons. The van der Waals surface area contributed by atoms with Crippen molar-refractivity contribution in [3.8, 4) is 17.3 Å². The molecule has 0 aliphatic rings. The molecule has 0 amide bonds. The second kappa shape index (κ2) is 8.86. The van der Waals surface area contributed by atoms with Crippen LogP contribution in [-0.2, 0) is 16.3 Å². The molecular formula is C28H22N4O4S. The maximum atomic E-state index is 13.1. The van der Waals surface area contributed by atoms with E-state index < -0.39 is 9.84 Å². The second-order valence-corrected chi connectivity index (χ2v) is 11.0. The molecular weight excluding hydrogens is 488 g/mol. The Labute approximate surface area is 212 Å². The van der Waals surface area contributed by atoms with Gasteiger partial charge in [-0.2, -0.15) is 0 Å². The first-order valence-corrected chi connectivity index (χ1v) is 13.4. The van der Waals surface area contributed by atoms with Crippen LogP contribution in [-0.4, -0.2) is 33.9 Å². The number of rotatable bonds is 6. The summed E-state index contributed by atoms with van der Waals surface area (Å²) in [5.41, 5.74) is 2.18. The highest BCUT2D eigenvalue weighted by Gasteiger charge is 2.21. The summed E-state index contributed by atoms with van der Waals surface area (Å²) >= 11 is 0. The van der Waals surface area contributed by atoms with Crippen molar-refractivity contribution in [3.05, 3.63) is 107 Å². The van der Waals surface area contributed by atoms with Crippen LogP contribution in [0.25, 0.3) is 39.0 Å². The molecule has 0 saturated carbocycles. The van der Waals surface area contributed by atoms with Crippen LogP contribution < -0.4 is 5.56 Å². The maximum Gasteiger partial charge on any atom is 0.255 e. The fourth-order valence-electron chi connectivity index (χ4n) is 4.31. The lowest BCUT2D eigenvalue weighted by molar-refractivity contribution is 0.594. The van der Waals surface area contributed by atoms with Crippen LogP contribution in [0.2, 0.25) is 0 Å². The van der Waals surface area contributed by atoms with Crippen molar-refractivity contribution in [1.82, 2.24) is 19.7 Å². The Bertz CT molecular complexity index is 1900. The van der Waals surface area contributed by atoms with E-state index in [2.05, 4.69) is 9.97 Å². The number of aromatic nitrogens is 4. The largest absolute Gasteiger partial charge is 0.453 e. The van der Waals surface area contributed by atoms with Gasteiger partial charge in [0.15, 0.2) is 15.6 Å². The molecule has 0 fully saturated rings. The summed E-state index contributed by atoms with van der Waals surface area (Å²) in [4.78, 5) is 19.8. The predicted molar refractivity (Wildman–Crippen MR) is 142 cm³/mol. The third-order valence-corrected chi connectivity index (χ3v) is 8.03. The van der Waals surface area contributed by atoms with Gasteiger partial charge in [-0.15, -0.1) is 5.10 Å². The van der Waals surface area contributed by atoms with Gasteiger partial charge in [-0.1, -0.05) is 35.9 Å². The van der Waals surface area contributed by atoms with Crippen molar-refractivity contribution in [2.24, 2.45) is 0 Å². The smallest absolute Gasteiger partial charge is 0.255 e.